The summed E-state index contributed by atoms with van der Waals surface area (Å²) in [5, 5.41) is 0. The number of amides is 1. The average molecular weight is 365 g/mol. The molecule has 1 aliphatic carbocycles. The number of hydrogen-bond donors (Lipinski definition) is 1. The summed E-state index contributed by atoms with van der Waals surface area (Å²) in [6.45, 7) is 3.20. The van der Waals surface area contributed by atoms with Crippen LogP contribution in [0.3, 0.4) is 0 Å². The highest BCUT2D eigenvalue weighted by Crippen LogP contribution is 2.42. The van der Waals surface area contributed by atoms with Crippen molar-refractivity contribution in [3.8, 4) is 0 Å². The average Bonchev–Trinajstić information content (AvgIpc) is 3.00. The second kappa shape index (κ2) is 6.84. The van der Waals surface area contributed by atoms with Gasteiger partial charge in [-0.1, -0.05) is 54.6 Å². The monoisotopic (exact) mass is 365 g/mol. The van der Waals surface area contributed by atoms with Gasteiger partial charge in [-0.2, -0.15) is 0 Å². The lowest BCUT2D eigenvalue weighted by Gasteiger charge is -2.27. The Morgan fingerprint density at radius 1 is 1.12 bits per heavy atom. The van der Waals surface area contributed by atoms with Gasteiger partial charge in [-0.3, -0.25) is 14.4 Å². The van der Waals surface area contributed by atoms with Gasteiger partial charge in [0.05, 0.1) is 4.88 Å². The van der Waals surface area contributed by atoms with Crippen LogP contribution in [0.1, 0.15) is 49.4 Å². The van der Waals surface area contributed by atoms with Crippen LogP contribution in [0.4, 0.5) is 0 Å². The molecule has 1 amide bonds. The molecule has 2 N–H and O–H groups in total. The summed E-state index contributed by atoms with van der Waals surface area (Å²) in [6.07, 6.45) is 7.54. The van der Waals surface area contributed by atoms with Gasteiger partial charge in [-0.15, -0.1) is 11.3 Å². The second-order valence-corrected chi connectivity index (χ2v) is 7.36. The molecule has 0 radical (unpaired) electrons. The van der Waals surface area contributed by atoms with E-state index in [9.17, 15) is 14.4 Å². The first-order valence-electron chi connectivity index (χ1n) is 8.27. The molecule has 0 fully saturated rings. The molecule has 26 heavy (non-hydrogen) atoms. The summed E-state index contributed by atoms with van der Waals surface area (Å²) >= 11 is 1.19. The first-order chi connectivity index (χ1) is 12.4. The van der Waals surface area contributed by atoms with E-state index >= 15 is 0 Å². The highest BCUT2D eigenvalue weighted by Gasteiger charge is 2.41. The molecule has 0 bridgehead atoms. The predicted octanol–water partition coefficient (Wildman–Crippen LogP) is 3.73. The Morgan fingerprint density at radius 2 is 1.81 bits per heavy atom. The molecule has 1 unspecified atom stereocenters. The van der Waals surface area contributed by atoms with Gasteiger partial charge >= 0.3 is 0 Å². The highest BCUT2D eigenvalue weighted by atomic mass is 32.1. The van der Waals surface area contributed by atoms with Crippen molar-refractivity contribution < 1.29 is 14.4 Å². The van der Waals surface area contributed by atoms with Crippen LogP contribution in [-0.2, 0) is 10.2 Å². The molecule has 3 rings (SSSR count). The van der Waals surface area contributed by atoms with Gasteiger partial charge in [0.1, 0.15) is 5.41 Å². The fourth-order valence-corrected chi connectivity index (χ4v) is 4.77. The smallest absolute Gasteiger partial charge is 0.233 e. The van der Waals surface area contributed by atoms with Crippen molar-refractivity contribution in [3.05, 3.63) is 81.1 Å². The molecule has 0 saturated heterocycles. The lowest BCUT2D eigenvalue weighted by atomic mass is 9.77. The molecule has 1 aliphatic rings. The van der Waals surface area contributed by atoms with Gasteiger partial charge in [-0.05, 0) is 25.8 Å². The zero-order valence-electron chi connectivity index (χ0n) is 14.6. The number of primary amides is 1. The molecule has 1 aromatic heterocycles. The molecule has 1 aromatic carbocycles. The molecule has 0 saturated carbocycles. The van der Waals surface area contributed by atoms with Gasteiger partial charge in [-0.25, -0.2) is 0 Å². The van der Waals surface area contributed by atoms with Crippen molar-refractivity contribution in [2.75, 3.05) is 0 Å². The van der Waals surface area contributed by atoms with E-state index in [1.807, 2.05) is 18.2 Å². The first-order valence-corrected chi connectivity index (χ1v) is 9.09. The molecule has 1 atom stereocenters. The summed E-state index contributed by atoms with van der Waals surface area (Å²) < 4.78 is 0. The number of Topliss-reactive ketones (excluding diaryl/α,β-unsaturated/α-hetero) is 1. The standard InChI is InChI=1S/C21H19NO3S/c1-13-16(14(2)23)19(21(20(22)25)11-7-4-8-12-21)26-18(13)17(24)15-9-5-3-6-10-15/h3-11H,12H2,1-2H3,(H2,22,25). The number of benzene rings is 1. The molecule has 0 spiro atoms. The Morgan fingerprint density at radius 3 is 2.35 bits per heavy atom. The Bertz CT molecular complexity index is 953. The molecular weight excluding hydrogens is 346 g/mol. The maximum Gasteiger partial charge on any atom is 0.233 e. The predicted molar refractivity (Wildman–Crippen MR) is 103 cm³/mol. The first kappa shape index (κ1) is 18.0. The molecule has 132 valence electrons. The summed E-state index contributed by atoms with van der Waals surface area (Å²) in [6, 6.07) is 8.90. The number of hydrogen-bond acceptors (Lipinski definition) is 4. The SMILES string of the molecule is CC(=O)c1c(C2(C(N)=O)C=CC=CC2)sc(C(=O)c2ccccc2)c1C. The van der Waals surface area contributed by atoms with Crippen LogP contribution in [0, 0.1) is 6.92 Å². The van der Waals surface area contributed by atoms with Gasteiger partial charge in [0.2, 0.25) is 11.7 Å². The number of rotatable bonds is 5. The van der Waals surface area contributed by atoms with Crippen molar-refractivity contribution in [1.82, 2.24) is 0 Å². The van der Waals surface area contributed by atoms with E-state index in [0.29, 0.717) is 32.9 Å². The van der Waals surface area contributed by atoms with Gasteiger partial charge in [0.15, 0.2) is 5.78 Å². The van der Waals surface area contributed by atoms with Crippen LogP contribution in [0.5, 0.6) is 0 Å². The molecule has 2 aromatic rings. The Balaban J connectivity index is 2.23. The lowest BCUT2D eigenvalue weighted by Crippen LogP contribution is -2.40. The number of thiophene rings is 1. The van der Waals surface area contributed by atoms with Crippen LogP contribution in [0.15, 0.2) is 54.6 Å². The fourth-order valence-electron chi connectivity index (χ4n) is 3.27. The van der Waals surface area contributed by atoms with Crippen LogP contribution in [0.2, 0.25) is 0 Å². The maximum atomic E-state index is 13.0. The van der Waals surface area contributed by atoms with Crippen molar-refractivity contribution in [2.24, 2.45) is 5.73 Å². The van der Waals surface area contributed by atoms with E-state index in [4.69, 9.17) is 5.73 Å². The third-order valence-electron chi connectivity index (χ3n) is 4.65. The molecule has 0 aliphatic heterocycles. The second-order valence-electron chi connectivity index (χ2n) is 6.34. The van der Waals surface area contributed by atoms with Crippen molar-refractivity contribution >= 4 is 28.8 Å². The lowest BCUT2D eigenvalue weighted by molar-refractivity contribution is -0.121. The molecule has 5 heteroatoms. The van der Waals surface area contributed by atoms with Crippen molar-refractivity contribution in [2.45, 2.75) is 25.7 Å². The van der Waals surface area contributed by atoms with Crippen LogP contribution in [-0.4, -0.2) is 17.5 Å². The summed E-state index contributed by atoms with van der Waals surface area (Å²) in [5.74, 6) is -0.859. The number of carbonyl (C=O) groups excluding carboxylic acids is 3. The molecule has 1 heterocycles. The van der Waals surface area contributed by atoms with Crippen LogP contribution >= 0.6 is 11.3 Å². The third-order valence-corrected chi connectivity index (χ3v) is 6.12. The maximum absolute atomic E-state index is 13.0. The number of allylic oxidation sites excluding steroid dienone is 3. The Hall–Kier alpha value is -2.79. The quantitative estimate of drug-likeness (QED) is 0.820. The summed E-state index contributed by atoms with van der Waals surface area (Å²) in [5.41, 5.74) is 6.22. The van der Waals surface area contributed by atoms with E-state index in [-0.39, 0.29) is 11.6 Å². The summed E-state index contributed by atoms with van der Waals surface area (Å²) in [7, 11) is 0. The van der Waals surface area contributed by atoms with Crippen LogP contribution in [0.25, 0.3) is 0 Å². The van der Waals surface area contributed by atoms with E-state index in [1.165, 1.54) is 18.3 Å². The largest absolute Gasteiger partial charge is 0.369 e. The number of nitrogens with two attached hydrogens (primary N) is 1. The van der Waals surface area contributed by atoms with E-state index in [1.54, 1.807) is 43.3 Å². The summed E-state index contributed by atoms with van der Waals surface area (Å²) in [4.78, 5) is 38.7. The zero-order chi connectivity index (χ0) is 18.9. The topological polar surface area (TPSA) is 77.2 Å². The van der Waals surface area contributed by atoms with Gasteiger partial charge in [0.25, 0.3) is 0 Å². The van der Waals surface area contributed by atoms with E-state index in [0.717, 1.165) is 0 Å². The van der Waals surface area contributed by atoms with Gasteiger partial charge < -0.3 is 5.73 Å². The normalized spacial score (nSPS) is 18.7. The van der Waals surface area contributed by atoms with Crippen molar-refractivity contribution in [3.63, 3.8) is 0 Å². The Labute approximate surface area is 156 Å². The van der Waals surface area contributed by atoms with Crippen LogP contribution < -0.4 is 5.73 Å². The molecule has 4 nitrogen and oxygen atoms in total. The fraction of sp³-hybridized carbons (Fsp3) is 0.190. The third kappa shape index (κ3) is 2.84. The zero-order valence-corrected chi connectivity index (χ0v) is 15.4. The van der Waals surface area contributed by atoms with Crippen molar-refractivity contribution in [1.29, 1.82) is 0 Å². The minimum absolute atomic E-state index is 0.156. The minimum Gasteiger partial charge on any atom is -0.369 e. The van der Waals surface area contributed by atoms with E-state index in [2.05, 4.69) is 0 Å². The highest BCUT2D eigenvalue weighted by molar-refractivity contribution is 7.15. The number of carbonyl (C=O) groups is 3. The number of ketones is 2. The van der Waals surface area contributed by atoms with E-state index < -0.39 is 11.3 Å². The minimum atomic E-state index is -1.10. The Kier molecular flexibility index (Phi) is 4.74. The van der Waals surface area contributed by atoms with Gasteiger partial charge in [0, 0.05) is 16.0 Å². The molecular formula is C21H19NO3S.